The normalized spacial score (nSPS) is 12.9. The lowest BCUT2D eigenvalue weighted by atomic mass is 10.1. The molecular weight excluding hydrogens is 376 g/mol. The smallest absolute Gasteiger partial charge is 0.270 e. The van der Waals surface area contributed by atoms with Crippen molar-refractivity contribution < 1.29 is 19.2 Å². The standard InChI is InChI=1S/C17H12N2O5S2/c20-13(10-1-4-14-15(7-10)24-6-5-23-14)9-25-17-18-12-3-2-11(19(21)22)8-16(12)26-17/h1-4,7-8H,5-6,9H2. The van der Waals surface area contributed by atoms with Gasteiger partial charge in [0.15, 0.2) is 21.6 Å². The molecule has 7 nitrogen and oxygen atoms in total. The summed E-state index contributed by atoms with van der Waals surface area (Å²) in [7, 11) is 0. The van der Waals surface area contributed by atoms with Gasteiger partial charge in [-0.15, -0.1) is 11.3 Å². The van der Waals surface area contributed by atoms with Crippen LogP contribution in [-0.2, 0) is 0 Å². The number of hydrogen-bond donors (Lipinski definition) is 0. The summed E-state index contributed by atoms with van der Waals surface area (Å²) in [5.41, 5.74) is 1.28. The fraction of sp³-hybridized carbons (Fsp3) is 0.176. The number of rotatable bonds is 5. The lowest BCUT2D eigenvalue weighted by Crippen LogP contribution is -2.16. The first-order chi connectivity index (χ1) is 12.6. The van der Waals surface area contributed by atoms with E-state index in [1.54, 1.807) is 24.3 Å². The molecule has 0 bridgehead atoms. The Morgan fingerprint density at radius 2 is 2.00 bits per heavy atom. The molecule has 0 spiro atoms. The number of fused-ring (bicyclic) bond motifs is 2. The Kier molecular flexibility index (Phi) is 4.48. The van der Waals surface area contributed by atoms with Crippen LogP contribution in [0.1, 0.15) is 10.4 Å². The fourth-order valence-electron chi connectivity index (χ4n) is 2.49. The Balaban J connectivity index is 1.47. The number of aromatic nitrogens is 1. The van der Waals surface area contributed by atoms with E-state index in [-0.39, 0.29) is 17.2 Å². The molecule has 0 unspecified atom stereocenters. The highest BCUT2D eigenvalue weighted by Crippen LogP contribution is 2.34. The molecule has 26 heavy (non-hydrogen) atoms. The maximum atomic E-state index is 12.4. The molecule has 1 aromatic heterocycles. The Morgan fingerprint density at radius 3 is 2.81 bits per heavy atom. The van der Waals surface area contributed by atoms with E-state index in [1.165, 1.54) is 35.2 Å². The first-order valence-corrected chi connectivity index (χ1v) is 9.51. The van der Waals surface area contributed by atoms with Gasteiger partial charge in [0.05, 0.1) is 20.9 Å². The van der Waals surface area contributed by atoms with Crippen LogP contribution in [0.4, 0.5) is 5.69 Å². The van der Waals surface area contributed by atoms with Gasteiger partial charge >= 0.3 is 0 Å². The van der Waals surface area contributed by atoms with Crippen LogP contribution in [0.3, 0.4) is 0 Å². The number of thioether (sulfide) groups is 1. The molecule has 1 aliphatic rings. The number of ketones is 1. The highest BCUT2D eigenvalue weighted by molar-refractivity contribution is 8.01. The van der Waals surface area contributed by atoms with Gasteiger partial charge in [-0.1, -0.05) is 11.8 Å². The minimum absolute atomic E-state index is 0.0325. The van der Waals surface area contributed by atoms with Gasteiger partial charge in [0.1, 0.15) is 13.2 Å². The Labute approximate surface area is 156 Å². The van der Waals surface area contributed by atoms with Crippen LogP contribution in [0.25, 0.3) is 10.2 Å². The number of benzene rings is 2. The van der Waals surface area contributed by atoms with Gasteiger partial charge in [-0.2, -0.15) is 0 Å². The first-order valence-electron chi connectivity index (χ1n) is 7.71. The molecule has 132 valence electrons. The second-order valence-corrected chi connectivity index (χ2v) is 7.71. The molecule has 4 rings (SSSR count). The highest BCUT2D eigenvalue weighted by Gasteiger charge is 2.16. The predicted octanol–water partition coefficient (Wildman–Crippen LogP) is 3.95. The molecule has 9 heteroatoms. The van der Waals surface area contributed by atoms with Crippen LogP contribution in [0.5, 0.6) is 11.5 Å². The lowest BCUT2D eigenvalue weighted by Gasteiger charge is -2.18. The van der Waals surface area contributed by atoms with E-state index in [0.717, 1.165) is 4.70 Å². The summed E-state index contributed by atoms with van der Waals surface area (Å²) in [5.74, 6) is 1.41. The van der Waals surface area contributed by atoms with Crippen LogP contribution in [-0.4, -0.2) is 34.7 Å². The summed E-state index contributed by atoms with van der Waals surface area (Å²) < 4.78 is 12.4. The van der Waals surface area contributed by atoms with Crippen molar-refractivity contribution >= 4 is 44.8 Å². The van der Waals surface area contributed by atoms with Gasteiger partial charge < -0.3 is 9.47 Å². The molecule has 0 fully saturated rings. The number of nitro groups is 1. The summed E-state index contributed by atoms with van der Waals surface area (Å²) in [5, 5.41) is 10.8. The van der Waals surface area contributed by atoms with Crippen molar-refractivity contribution in [1.29, 1.82) is 0 Å². The van der Waals surface area contributed by atoms with E-state index in [4.69, 9.17) is 9.47 Å². The van der Waals surface area contributed by atoms with E-state index in [0.29, 0.717) is 40.1 Å². The van der Waals surface area contributed by atoms with Crippen molar-refractivity contribution in [3.63, 3.8) is 0 Å². The SMILES string of the molecule is O=C(CSc1nc2ccc([N+](=O)[O-])cc2s1)c1ccc2c(c1)OCCO2. The van der Waals surface area contributed by atoms with Crippen molar-refractivity contribution in [1.82, 2.24) is 4.98 Å². The van der Waals surface area contributed by atoms with Gasteiger partial charge in [-0.05, 0) is 24.3 Å². The molecule has 0 saturated carbocycles. The van der Waals surface area contributed by atoms with Gasteiger partial charge in [0, 0.05) is 17.7 Å². The van der Waals surface area contributed by atoms with Crippen LogP contribution in [0, 0.1) is 10.1 Å². The summed E-state index contributed by atoms with van der Waals surface area (Å²) in [6, 6.07) is 9.70. The van der Waals surface area contributed by atoms with E-state index >= 15 is 0 Å². The molecule has 3 aromatic rings. The average Bonchev–Trinajstić information content (AvgIpc) is 3.07. The molecule has 0 saturated heterocycles. The average molecular weight is 388 g/mol. The van der Waals surface area contributed by atoms with Crippen LogP contribution < -0.4 is 9.47 Å². The van der Waals surface area contributed by atoms with Crippen LogP contribution in [0.2, 0.25) is 0 Å². The van der Waals surface area contributed by atoms with Crippen molar-refractivity contribution in [2.24, 2.45) is 0 Å². The third-order valence-electron chi connectivity index (χ3n) is 3.75. The third kappa shape index (κ3) is 3.35. The summed E-state index contributed by atoms with van der Waals surface area (Å²) >= 11 is 2.66. The molecule has 2 aromatic carbocycles. The second-order valence-electron chi connectivity index (χ2n) is 5.46. The second kappa shape index (κ2) is 6.93. The minimum atomic E-state index is -0.433. The summed E-state index contributed by atoms with van der Waals surface area (Å²) in [6.07, 6.45) is 0. The minimum Gasteiger partial charge on any atom is -0.486 e. The number of thiazole rings is 1. The largest absolute Gasteiger partial charge is 0.486 e. The van der Waals surface area contributed by atoms with E-state index in [9.17, 15) is 14.9 Å². The van der Waals surface area contributed by atoms with Crippen molar-refractivity contribution in [2.75, 3.05) is 19.0 Å². The zero-order chi connectivity index (χ0) is 18.1. The topological polar surface area (TPSA) is 91.6 Å². The number of non-ortho nitro benzene ring substituents is 1. The lowest BCUT2D eigenvalue weighted by molar-refractivity contribution is -0.384. The van der Waals surface area contributed by atoms with E-state index in [2.05, 4.69) is 4.98 Å². The number of nitrogens with zero attached hydrogens (tertiary/aromatic N) is 2. The third-order valence-corrected chi connectivity index (χ3v) is 5.92. The fourth-order valence-corrected chi connectivity index (χ4v) is 4.49. The van der Waals surface area contributed by atoms with Crippen molar-refractivity contribution in [2.45, 2.75) is 4.34 Å². The van der Waals surface area contributed by atoms with Crippen molar-refractivity contribution in [3.05, 3.63) is 52.1 Å². The van der Waals surface area contributed by atoms with Gasteiger partial charge in [0.25, 0.3) is 5.69 Å². The van der Waals surface area contributed by atoms with Crippen LogP contribution >= 0.6 is 23.1 Å². The van der Waals surface area contributed by atoms with Gasteiger partial charge in [-0.3, -0.25) is 14.9 Å². The highest BCUT2D eigenvalue weighted by atomic mass is 32.2. The number of Topliss-reactive ketones (excluding diaryl/α,β-unsaturated/α-hetero) is 1. The number of nitro benzene ring substituents is 1. The predicted molar refractivity (Wildman–Crippen MR) is 98.8 cm³/mol. The van der Waals surface area contributed by atoms with Crippen molar-refractivity contribution in [3.8, 4) is 11.5 Å². The monoisotopic (exact) mass is 388 g/mol. The summed E-state index contributed by atoms with van der Waals surface area (Å²) in [4.78, 5) is 27.3. The Morgan fingerprint density at radius 1 is 1.19 bits per heavy atom. The molecular formula is C17H12N2O5S2. The zero-order valence-corrected chi connectivity index (χ0v) is 15.0. The summed E-state index contributed by atoms with van der Waals surface area (Å²) in [6.45, 7) is 0.975. The van der Waals surface area contributed by atoms with Gasteiger partial charge in [-0.25, -0.2) is 4.98 Å². The van der Waals surface area contributed by atoms with Crippen LogP contribution in [0.15, 0.2) is 40.7 Å². The molecule has 0 aliphatic carbocycles. The molecule has 0 N–H and O–H groups in total. The molecule has 2 heterocycles. The Bertz CT molecular complexity index is 1020. The zero-order valence-electron chi connectivity index (χ0n) is 13.3. The molecule has 0 atom stereocenters. The number of ether oxygens (including phenoxy) is 2. The number of carbonyl (C=O) groups is 1. The quantitative estimate of drug-likeness (QED) is 0.283. The molecule has 0 amide bonds. The number of carbonyl (C=O) groups excluding carboxylic acids is 1. The van der Waals surface area contributed by atoms with E-state index < -0.39 is 4.92 Å². The maximum absolute atomic E-state index is 12.4. The molecule has 0 radical (unpaired) electrons. The number of hydrogen-bond acceptors (Lipinski definition) is 8. The molecule has 1 aliphatic heterocycles. The van der Waals surface area contributed by atoms with Gasteiger partial charge in [0.2, 0.25) is 0 Å². The maximum Gasteiger partial charge on any atom is 0.270 e. The van der Waals surface area contributed by atoms with E-state index in [1.807, 2.05) is 0 Å². The Hall–Kier alpha value is -2.65. The first kappa shape index (κ1) is 16.8.